The van der Waals surface area contributed by atoms with Gasteiger partial charge in [0.15, 0.2) is 5.69 Å². The number of hydrogen-bond donors (Lipinski definition) is 0. The van der Waals surface area contributed by atoms with Gasteiger partial charge in [0.05, 0.1) is 26.1 Å². The van der Waals surface area contributed by atoms with E-state index in [2.05, 4.69) is 14.7 Å². The first kappa shape index (κ1) is 18.0. The normalized spacial score (nSPS) is 15.2. The fourth-order valence-electron chi connectivity index (χ4n) is 2.37. The lowest BCUT2D eigenvalue weighted by molar-refractivity contribution is 0.0593. The molecule has 1 aliphatic heterocycles. The van der Waals surface area contributed by atoms with Crippen LogP contribution in [-0.2, 0) is 9.47 Å². The van der Waals surface area contributed by atoms with Crippen molar-refractivity contribution in [2.24, 2.45) is 5.92 Å². The van der Waals surface area contributed by atoms with Gasteiger partial charge >= 0.3 is 12.1 Å². The van der Waals surface area contributed by atoms with Crippen LogP contribution in [-0.4, -0.2) is 66.8 Å². The molecule has 2 rings (SSSR count). The summed E-state index contributed by atoms with van der Waals surface area (Å²) in [6, 6.07) is 0. The van der Waals surface area contributed by atoms with E-state index in [4.69, 9.17) is 4.74 Å². The second-order valence-electron chi connectivity index (χ2n) is 6.05. The van der Waals surface area contributed by atoms with E-state index in [0.717, 1.165) is 13.0 Å². The first-order valence-electron chi connectivity index (χ1n) is 8.08. The first-order valence-corrected chi connectivity index (χ1v) is 8.08. The fourth-order valence-corrected chi connectivity index (χ4v) is 2.37. The summed E-state index contributed by atoms with van der Waals surface area (Å²) in [5.41, 5.74) is 0.174. The molecule has 0 aromatic carbocycles. The SMILES string of the molecule is COC(=O)c1cncc(N2CCCN(C(=O)OCC(C)C)CC2)n1. The maximum atomic E-state index is 12.1. The molecule has 0 bridgehead atoms. The molecule has 1 aliphatic rings. The van der Waals surface area contributed by atoms with Crippen molar-refractivity contribution in [3.05, 3.63) is 18.1 Å². The predicted molar refractivity (Wildman–Crippen MR) is 88.0 cm³/mol. The van der Waals surface area contributed by atoms with Crippen molar-refractivity contribution < 1.29 is 19.1 Å². The number of amides is 1. The van der Waals surface area contributed by atoms with Crippen LogP contribution >= 0.6 is 0 Å². The summed E-state index contributed by atoms with van der Waals surface area (Å²) < 4.78 is 9.95. The van der Waals surface area contributed by atoms with Gasteiger partial charge in [-0.3, -0.25) is 4.98 Å². The van der Waals surface area contributed by atoms with Gasteiger partial charge in [-0.25, -0.2) is 14.6 Å². The quantitative estimate of drug-likeness (QED) is 0.772. The Labute approximate surface area is 141 Å². The van der Waals surface area contributed by atoms with Crippen molar-refractivity contribution in [3.8, 4) is 0 Å². The molecule has 8 nitrogen and oxygen atoms in total. The number of nitrogens with zero attached hydrogens (tertiary/aromatic N) is 4. The minimum Gasteiger partial charge on any atom is -0.464 e. The van der Waals surface area contributed by atoms with Crippen molar-refractivity contribution in [2.75, 3.05) is 44.8 Å². The van der Waals surface area contributed by atoms with E-state index in [1.165, 1.54) is 13.3 Å². The van der Waals surface area contributed by atoms with Crippen LogP contribution in [0.3, 0.4) is 0 Å². The minimum absolute atomic E-state index is 0.174. The molecule has 0 aliphatic carbocycles. The fraction of sp³-hybridized carbons (Fsp3) is 0.625. The van der Waals surface area contributed by atoms with Gasteiger partial charge in [-0.2, -0.15) is 0 Å². The Morgan fingerprint density at radius 1 is 1.21 bits per heavy atom. The summed E-state index contributed by atoms with van der Waals surface area (Å²) in [7, 11) is 1.31. The zero-order valence-electron chi connectivity index (χ0n) is 14.4. The van der Waals surface area contributed by atoms with Gasteiger partial charge in [0, 0.05) is 26.2 Å². The molecule has 1 fully saturated rings. The Hall–Kier alpha value is -2.38. The zero-order chi connectivity index (χ0) is 17.5. The standard InChI is InChI=1S/C16H24N4O4/c1-12(2)11-24-16(22)20-6-4-5-19(7-8-20)14-10-17-9-13(18-14)15(21)23-3/h9-10,12H,4-8,11H2,1-3H3. The Balaban J connectivity index is 1.98. The molecular formula is C16H24N4O4. The van der Waals surface area contributed by atoms with Crippen LogP contribution in [0.25, 0.3) is 0 Å². The van der Waals surface area contributed by atoms with Gasteiger partial charge < -0.3 is 19.3 Å². The van der Waals surface area contributed by atoms with E-state index in [9.17, 15) is 9.59 Å². The number of methoxy groups -OCH3 is 1. The number of hydrogen-bond acceptors (Lipinski definition) is 7. The molecule has 1 aromatic rings. The number of aromatic nitrogens is 2. The highest BCUT2D eigenvalue weighted by Gasteiger charge is 2.22. The summed E-state index contributed by atoms with van der Waals surface area (Å²) >= 11 is 0. The molecule has 0 unspecified atom stereocenters. The Kier molecular flexibility index (Phi) is 6.34. The summed E-state index contributed by atoms with van der Waals surface area (Å²) in [6.45, 7) is 6.95. The average molecular weight is 336 g/mol. The van der Waals surface area contributed by atoms with Crippen LogP contribution in [0.4, 0.5) is 10.6 Å². The van der Waals surface area contributed by atoms with Crippen LogP contribution in [0, 0.1) is 5.92 Å². The number of carbonyl (C=O) groups excluding carboxylic acids is 2. The van der Waals surface area contributed by atoms with Crippen molar-refractivity contribution >= 4 is 17.9 Å². The molecule has 132 valence electrons. The third-order valence-corrected chi connectivity index (χ3v) is 3.63. The largest absolute Gasteiger partial charge is 0.464 e. The molecule has 24 heavy (non-hydrogen) atoms. The van der Waals surface area contributed by atoms with Gasteiger partial charge in [0.25, 0.3) is 0 Å². The molecule has 1 saturated heterocycles. The van der Waals surface area contributed by atoms with E-state index in [1.807, 2.05) is 18.7 Å². The lowest BCUT2D eigenvalue weighted by Gasteiger charge is -2.22. The molecule has 0 radical (unpaired) electrons. The summed E-state index contributed by atoms with van der Waals surface area (Å²) in [4.78, 5) is 35.7. The average Bonchev–Trinajstić information content (AvgIpc) is 2.85. The lowest BCUT2D eigenvalue weighted by Crippen LogP contribution is -2.36. The Morgan fingerprint density at radius 3 is 2.71 bits per heavy atom. The molecule has 1 amide bonds. The second-order valence-corrected chi connectivity index (χ2v) is 6.05. The monoisotopic (exact) mass is 336 g/mol. The number of rotatable bonds is 4. The van der Waals surface area contributed by atoms with Crippen LogP contribution < -0.4 is 4.90 Å². The predicted octanol–water partition coefficient (Wildman–Crippen LogP) is 1.57. The van der Waals surface area contributed by atoms with Gasteiger partial charge in [-0.05, 0) is 12.3 Å². The highest BCUT2D eigenvalue weighted by molar-refractivity contribution is 5.87. The van der Waals surface area contributed by atoms with Crippen LogP contribution in [0.2, 0.25) is 0 Å². The van der Waals surface area contributed by atoms with Gasteiger partial charge in [-0.1, -0.05) is 13.8 Å². The molecule has 2 heterocycles. The summed E-state index contributed by atoms with van der Waals surface area (Å²) in [5.74, 6) is 0.405. The number of esters is 1. The third kappa shape index (κ3) is 4.81. The van der Waals surface area contributed by atoms with E-state index >= 15 is 0 Å². The van der Waals surface area contributed by atoms with Gasteiger partial charge in [0.1, 0.15) is 5.82 Å². The molecule has 0 spiro atoms. The summed E-state index contributed by atoms with van der Waals surface area (Å²) in [6.07, 6.45) is 3.50. The van der Waals surface area contributed by atoms with Gasteiger partial charge in [0.2, 0.25) is 0 Å². The Bertz CT molecular complexity index is 579. The van der Waals surface area contributed by atoms with Crippen molar-refractivity contribution in [1.82, 2.24) is 14.9 Å². The molecule has 1 aromatic heterocycles. The number of ether oxygens (including phenoxy) is 2. The first-order chi connectivity index (χ1) is 11.5. The highest BCUT2D eigenvalue weighted by atomic mass is 16.6. The molecule has 8 heteroatoms. The van der Waals surface area contributed by atoms with E-state index in [0.29, 0.717) is 38.0 Å². The van der Waals surface area contributed by atoms with Crippen LogP contribution in [0.1, 0.15) is 30.8 Å². The third-order valence-electron chi connectivity index (χ3n) is 3.63. The van der Waals surface area contributed by atoms with Crippen LogP contribution in [0.5, 0.6) is 0 Å². The number of carbonyl (C=O) groups is 2. The lowest BCUT2D eigenvalue weighted by atomic mass is 10.2. The molecule has 0 atom stereocenters. The highest BCUT2D eigenvalue weighted by Crippen LogP contribution is 2.14. The van der Waals surface area contributed by atoms with Crippen molar-refractivity contribution in [1.29, 1.82) is 0 Å². The maximum absolute atomic E-state index is 12.1. The van der Waals surface area contributed by atoms with E-state index in [-0.39, 0.29) is 11.8 Å². The topological polar surface area (TPSA) is 84.9 Å². The maximum Gasteiger partial charge on any atom is 0.409 e. The summed E-state index contributed by atoms with van der Waals surface area (Å²) in [5, 5.41) is 0. The van der Waals surface area contributed by atoms with E-state index < -0.39 is 5.97 Å². The molecule has 0 N–H and O–H groups in total. The Morgan fingerprint density at radius 2 is 2.00 bits per heavy atom. The zero-order valence-corrected chi connectivity index (χ0v) is 14.4. The minimum atomic E-state index is -0.516. The van der Waals surface area contributed by atoms with Crippen molar-refractivity contribution in [2.45, 2.75) is 20.3 Å². The molecular weight excluding hydrogens is 312 g/mol. The van der Waals surface area contributed by atoms with Gasteiger partial charge in [-0.15, -0.1) is 0 Å². The van der Waals surface area contributed by atoms with E-state index in [1.54, 1.807) is 11.1 Å². The molecule has 0 saturated carbocycles. The van der Waals surface area contributed by atoms with Crippen molar-refractivity contribution in [3.63, 3.8) is 0 Å². The number of anilines is 1. The smallest absolute Gasteiger partial charge is 0.409 e. The van der Waals surface area contributed by atoms with Crippen LogP contribution in [0.15, 0.2) is 12.4 Å². The second kappa shape index (κ2) is 8.47.